The number of hydrogen-bond acceptors (Lipinski definition) is 3. The summed E-state index contributed by atoms with van der Waals surface area (Å²) in [6.45, 7) is 0.917. The predicted molar refractivity (Wildman–Crippen MR) is 102 cm³/mol. The minimum absolute atomic E-state index is 0.198. The topological polar surface area (TPSA) is 87.5 Å². The number of benzene rings is 2. The van der Waals surface area contributed by atoms with Gasteiger partial charge in [0, 0.05) is 24.2 Å². The summed E-state index contributed by atoms with van der Waals surface area (Å²) in [4.78, 5) is 25.1. The van der Waals surface area contributed by atoms with Crippen molar-refractivity contribution < 1.29 is 14.7 Å². The van der Waals surface area contributed by atoms with E-state index < -0.39 is 5.97 Å². The van der Waals surface area contributed by atoms with Gasteiger partial charge in [-0.25, -0.2) is 9.48 Å². The number of carboxylic acids is 1. The Bertz CT molecular complexity index is 972. The molecule has 0 unspecified atom stereocenters. The third-order valence-electron chi connectivity index (χ3n) is 4.97. The highest BCUT2D eigenvalue weighted by molar-refractivity contribution is 5.89. The first-order valence-corrected chi connectivity index (χ1v) is 8.94. The number of fused-ring (bicyclic) bond motifs is 1. The molecule has 138 valence electrons. The smallest absolute Gasteiger partial charge is 0.321 e. The van der Waals surface area contributed by atoms with Crippen LogP contribution in [0.15, 0.2) is 54.7 Å². The Balaban J connectivity index is 1.42. The second-order valence-electron chi connectivity index (χ2n) is 6.69. The Hall–Kier alpha value is -3.35. The zero-order valence-electron chi connectivity index (χ0n) is 14.7. The van der Waals surface area contributed by atoms with Gasteiger partial charge in [0.05, 0.1) is 23.3 Å². The highest BCUT2D eigenvalue weighted by Gasteiger charge is 2.26. The van der Waals surface area contributed by atoms with Crippen LogP contribution >= 0.6 is 0 Å². The SMILES string of the molecule is O=C(O)C1CCN(C(=O)Nc2ccc(-n3ncc4ccccc43)cc2)CC1. The lowest BCUT2D eigenvalue weighted by Crippen LogP contribution is -2.42. The molecule has 0 spiro atoms. The fourth-order valence-electron chi connectivity index (χ4n) is 3.40. The van der Waals surface area contributed by atoms with Crippen LogP contribution in [0.2, 0.25) is 0 Å². The molecular weight excluding hydrogens is 344 g/mol. The van der Waals surface area contributed by atoms with Gasteiger partial charge < -0.3 is 15.3 Å². The molecule has 0 bridgehead atoms. The van der Waals surface area contributed by atoms with Gasteiger partial charge in [0.2, 0.25) is 0 Å². The van der Waals surface area contributed by atoms with E-state index in [-0.39, 0.29) is 11.9 Å². The fraction of sp³-hybridized carbons (Fsp3) is 0.250. The number of anilines is 1. The van der Waals surface area contributed by atoms with Crippen molar-refractivity contribution in [3.63, 3.8) is 0 Å². The largest absolute Gasteiger partial charge is 0.481 e. The van der Waals surface area contributed by atoms with E-state index in [4.69, 9.17) is 5.11 Å². The van der Waals surface area contributed by atoms with Crippen molar-refractivity contribution in [2.45, 2.75) is 12.8 Å². The van der Waals surface area contributed by atoms with Gasteiger partial charge in [0.25, 0.3) is 0 Å². The molecular formula is C20H20N4O3. The number of rotatable bonds is 3. The van der Waals surface area contributed by atoms with Crippen LogP contribution in [0.3, 0.4) is 0 Å². The van der Waals surface area contributed by atoms with Crippen LogP contribution < -0.4 is 5.32 Å². The van der Waals surface area contributed by atoms with Crippen molar-refractivity contribution in [2.75, 3.05) is 18.4 Å². The molecule has 1 saturated heterocycles. The minimum atomic E-state index is -0.781. The van der Waals surface area contributed by atoms with Gasteiger partial charge in [-0.2, -0.15) is 5.10 Å². The zero-order valence-corrected chi connectivity index (χ0v) is 14.7. The normalized spacial score (nSPS) is 15.0. The fourth-order valence-corrected chi connectivity index (χ4v) is 3.40. The highest BCUT2D eigenvalue weighted by atomic mass is 16.4. The van der Waals surface area contributed by atoms with E-state index in [1.807, 2.05) is 59.4 Å². The van der Waals surface area contributed by atoms with Gasteiger partial charge in [0.1, 0.15) is 0 Å². The van der Waals surface area contributed by atoms with Crippen LogP contribution in [0.5, 0.6) is 0 Å². The maximum absolute atomic E-state index is 12.4. The molecule has 2 amide bonds. The molecule has 7 heteroatoms. The number of aliphatic carboxylic acids is 1. The summed E-state index contributed by atoms with van der Waals surface area (Å²) in [5, 5.41) is 17.4. The number of carbonyl (C=O) groups is 2. The minimum Gasteiger partial charge on any atom is -0.481 e. The van der Waals surface area contributed by atoms with Crippen molar-refractivity contribution in [1.82, 2.24) is 14.7 Å². The van der Waals surface area contributed by atoms with Crippen molar-refractivity contribution in [3.05, 3.63) is 54.7 Å². The van der Waals surface area contributed by atoms with Gasteiger partial charge >= 0.3 is 12.0 Å². The summed E-state index contributed by atoms with van der Waals surface area (Å²) in [6.07, 6.45) is 2.81. The number of urea groups is 1. The van der Waals surface area contributed by atoms with Crippen LogP contribution in [-0.4, -0.2) is 44.9 Å². The maximum atomic E-state index is 12.4. The number of likely N-dealkylation sites (tertiary alicyclic amines) is 1. The second-order valence-corrected chi connectivity index (χ2v) is 6.69. The lowest BCUT2D eigenvalue weighted by molar-refractivity contribution is -0.143. The van der Waals surface area contributed by atoms with Gasteiger partial charge in [-0.05, 0) is 43.2 Å². The van der Waals surface area contributed by atoms with Gasteiger partial charge in [-0.15, -0.1) is 0 Å². The quantitative estimate of drug-likeness (QED) is 0.746. The summed E-state index contributed by atoms with van der Waals surface area (Å²) in [5.74, 6) is -1.13. The van der Waals surface area contributed by atoms with E-state index >= 15 is 0 Å². The number of carbonyl (C=O) groups excluding carboxylic acids is 1. The Labute approximate surface area is 156 Å². The molecule has 1 fully saturated rings. The molecule has 3 aromatic rings. The number of para-hydroxylation sites is 1. The number of nitrogens with one attached hydrogen (secondary N) is 1. The van der Waals surface area contributed by atoms with Crippen LogP contribution in [0.25, 0.3) is 16.6 Å². The number of hydrogen-bond donors (Lipinski definition) is 2. The van der Waals surface area contributed by atoms with E-state index in [0.29, 0.717) is 31.6 Å². The Morgan fingerprint density at radius 3 is 2.44 bits per heavy atom. The molecule has 7 nitrogen and oxygen atoms in total. The lowest BCUT2D eigenvalue weighted by atomic mass is 9.97. The summed E-state index contributed by atoms with van der Waals surface area (Å²) >= 11 is 0. The van der Waals surface area contributed by atoms with Crippen LogP contribution in [0.1, 0.15) is 12.8 Å². The highest BCUT2D eigenvalue weighted by Crippen LogP contribution is 2.21. The zero-order chi connectivity index (χ0) is 18.8. The molecule has 2 heterocycles. The number of amides is 2. The van der Waals surface area contributed by atoms with Crippen molar-refractivity contribution in [2.24, 2.45) is 5.92 Å². The van der Waals surface area contributed by atoms with Crippen molar-refractivity contribution in [3.8, 4) is 5.69 Å². The molecule has 1 aliphatic rings. The molecule has 0 saturated carbocycles. The van der Waals surface area contributed by atoms with Crippen LogP contribution in [-0.2, 0) is 4.79 Å². The van der Waals surface area contributed by atoms with E-state index in [9.17, 15) is 9.59 Å². The Morgan fingerprint density at radius 1 is 1.04 bits per heavy atom. The van der Waals surface area contributed by atoms with E-state index in [2.05, 4.69) is 10.4 Å². The maximum Gasteiger partial charge on any atom is 0.321 e. The molecule has 4 rings (SSSR count). The summed E-state index contributed by atoms with van der Waals surface area (Å²) in [7, 11) is 0. The molecule has 0 atom stereocenters. The van der Waals surface area contributed by atoms with Crippen molar-refractivity contribution >= 4 is 28.6 Å². The number of carboxylic acid groups (broad SMARTS) is 1. The molecule has 1 aliphatic heterocycles. The third-order valence-corrected chi connectivity index (χ3v) is 4.97. The van der Waals surface area contributed by atoms with E-state index in [0.717, 1.165) is 16.6 Å². The van der Waals surface area contributed by atoms with Gasteiger partial charge in [-0.3, -0.25) is 4.79 Å². The van der Waals surface area contributed by atoms with Gasteiger partial charge in [0.15, 0.2) is 0 Å². The number of piperidine rings is 1. The third kappa shape index (κ3) is 3.48. The summed E-state index contributed by atoms with van der Waals surface area (Å²) in [6, 6.07) is 15.3. The molecule has 1 aromatic heterocycles. The predicted octanol–water partition coefficient (Wildman–Crippen LogP) is 3.35. The molecule has 0 radical (unpaired) electrons. The second kappa shape index (κ2) is 7.11. The van der Waals surface area contributed by atoms with Crippen molar-refractivity contribution in [1.29, 1.82) is 0 Å². The summed E-state index contributed by atoms with van der Waals surface area (Å²) < 4.78 is 1.86. The van der Waals surface area contributed by atoms with Gasteiger partial charge in [-0.1, -0.05) is 18.2 Å². The standard InChI is InChI=1S/C20H20N4O3/c25-19(26)14-9-11-23(12-10-14)20(27)22-16-5-7-17(8-6-16)24-18-4-2-1-3-15(18)13-21-24/h1-8,13-14H,9-12H2,(H,22,27)(H,25,26). The first kappa shape index (κ1) is 17.1. The van der Waals surface area contributed by atoms with E-state index in [1.54, 1.807) is 4.90 Å². The molecule has 2 aromatic carbocycles. The number of nitrogens with zero attached hydrogens (tertiary/aromatic N) is 3. The average molecular weight is 364 g/mol. The molecule has 0 aliphatic carbocycles. The molecule has 2 N–H and O–H groups in total. The summed E-state index contributed by atoms with van der Waals surface area (Å²) in [5.41, 5.74) is 2.63. The Kier molecular flexibility index (Phi) is 4.50. The number of aromatic nitrogens is 2. The van der Waals surface area contributed by atoms with Crippen LogP contribution in [0.4, 0.5) is 10.5 Å². The van der Waals surface area contributed by atoms with Crippen LogP contribution in [0, 0.1) is 5.92 Å². The monoisotopic (exact) mass is 364 g/mol. The Morgan fingerprint density at radius 2 is 1.74 bits per heavy atom. The molecule has 27 heavy (non-hydrogen) atoms. The first-order valence-electron chi connectivity index (χ1n) is 8.94. The first-order chi connectivity index (χ1) is 13.1. The van der Waals surface area contributed by atoms with E-state index in [1.165, 1.54) is 0 Å². The average Bonchev–Trinajstić information content (AvgIpc) is 3.13. The lowest BCUT2D eigenvalue weighted by Gasteiger charge is -2.30.